The van der Waals surface area contributed by atoms with E-state index in [0.717, 1.165) is 35.1 Å². The van der Waals surface area contributed by atoms with E-state index in [2.05, 4.69) is 58.7 Å². The van der Waals surface area contributed by atoms with Crippen molar-refractivity contribution in [2.75, 3.05) is 0 Å². The Morgan fingerprint density at radius 2 is 1.08 bits per heavy atom. The van der Waals surface area contributed by atoms with Crippen molar-refractivity contribution in [3.05, 3.63) is 220 Å². The van der Waals surface area contributed by atoms with E-state index in [-0.39, 0.29) is 22.5 Å². The molecule has 0 aliphatic carbocycles. The van der Waals surface area contributed by atoms with E-state index >= 15 is 4.79 Å². The minimum Gasteiger partial charge on any atom is -0.456 e. The number of nitrogens with zero attached hydrogens (tertiary/aromatic N) is 3. The molecule has 1 heterocycles. The summed E-state index contributed by atoms with van der Waals surface area (Å²) in [6.45, 7) is 16.6. The largest absolute Gasteiger partial charge is 0.456 e. The summed E-state index contributed by atoms with van der Waals surface area (Å²) in [5.74, 6) is 2.46. The highest BCUT2D eigenvalue weighted by atomic mass is 16.5. The minimum atomic E-state index is -0.415. The molecule has 0 aliphatic rings. The lowest BCUT2D eigenvalue weighted by Crippen LogP contribution is -2.21. The van der Waals surface area contributed by atoms with Gasteiger partial charge in [0.15, 0.2) is 11.6 Å². The summed E-state index contributed by atoms with van der Waals surface area (Å²) in [5, 5.41) is 21.3. The van der Waals surface area contributed by atoms with E-state index in [1.165, 1.54) is 0 Å². The van der Waals surface area contributed by atoms with Crippen molar-refractivity contribution in [2.24, 2.45) is 0 Å². The lowest BCUT2D eigenvalue weighted by Gasteiger charge is -2.32. The van der Waals surface area contributed by atoms with Gasteiger partial charge in [0.1, 0.15) is 46.4 Å². The molecule has 0 bridgehead atoms. The molecule has 8 aromatic rings. The number of ether oxygens (including phenoxy) is 3. The van der Waals surface area contributed by atoms with Crippen LogP contribution in [-0.2, 0) is 10.8 Å². The molecule has 0 amide bonds. The number of rotatable bonds is 16. The van der Waals surface area contributed by atoms with Gasteiger partial charge in [-0.1, -0.05) is 132 Å². The molecular weight excluding hydrogens is 879 g/mol. The van der Waals surface area contributed by atoms with Crippen molar-refractivity contribution in [2.45, 2.75) is 79.1 Å². The molecule has 1 aromatic heterocycles. The van der Waals surface area contributed by atoms with Crippen LogP contribution in [0.4, 0.5) is 0 Å². The summed E-state index contributed by atoms with van der Waals surface area (Å²) in [6.07, 6.45) is 3.17. The number of carbonyl (C=O) groups excluding carboxylic acids is 2. The van der Waals surface area contributed by atoms with Gasteiger partial charge in [-0.2, -0.15) is 10.5 Å². The van der Waals surface area contributed by atoms with E-state index in [4.69, 9.17) is 14.2 Å². The van der Waals surface area contributed by atoms with Crippen LogP contribution in [-0.4, -0.2) is 16.6 Å². The number of pyridine rings is 1. The van der Waals surface area contributed by atoms with Crippen LogP contribution in [0.1, 0.15) is 120 Å². The maximum atomic E-state index is 15.1. The molecule has 0 spiro atoms. The first-order valence-electron chi connectivity index (χ1n) is 23.8. The molecule has 71 heavy (non-hydrogen) atoms. The van der Waals surface area contributed by atoms with Crippen LogP contribution in [0.2, 0.25) is 0 Å². The van der Waals surface area contributed by atoms with Gasteiger partial charge in [-0.25, -0.2) is 4.98 Å². The summed E-state index contributed by atoms with van der Waals surface area (Å²) < 4.78 is 19.7. The second-order valence-corrected chi connectivity index (χ2v) is 19.0. The standard InChI is InChI=1S/C63H55N3O5/c1-9-62(5,6)53-37-58(54(63(7,8)10-2)36-57(53)70-55-22-16-18-41(4)51(55)38-64)71-56-23-17-21-47(52(56)39-65)48-32-28-44(46-31-25-40(3)34-49(46)60(67)42-19-12-11-13-20-42)35-50(48)61(68)43-26-29-45(30-27-43)69-59-24-14-15-33-66-59/h11-37H,9-10H2,1-8H3. The number of aromatic nitrogens is 1. The number of carbonyl (C=O) groups is 2. The molecular formula is C63H55N3O5. The number of ketones is 2. The topological polar surface area (TPSA) is 122 Å². The van der Waals surface area contributed by atoms with Gasteiger partial charge in [-0.3, -0.25) is 9.59 Å². The molecule has 8 heteroatoms. The van der Waals surface area contributed by atoms with Gasteiger partial charge in [-0.05, 0) is 127 Å². The molecule has 0 saturated carbocycles. The molecule has 8 nitrogen and oxygen atoms in total. The molecule has 0 unspecified atom stereocenters. The average Bonchev–Trinajstić information content (AvgIpc) is 3.39. The SMILES string of the molecule is CCC(C)(C)c1cc(Oc2cccc(-c3ccc(-c4ccc(C)cc4C(=O)c4ccccc4)cc3C(=O)c3ccc(Oc4ccccn4)cc3)c2C#N)c(C(C)(C)CC)cc1Oc1cccc(C)c1C#N. The zero-order valence-corrected chi connectivity index (χ0v) is 41.4. The smallest absolute Gasteiger partial charge is 0.219 e. The van der Waals surface area contributed by atoms with Gasteiger partial charge in [0.25, 0.3) is 0 Å². The summed E-state index contributed by atoms with van der Waals surface area (Å²) in [5.41, 5.74) is 7.47. The molecule has 8 rings (SSSR count). The van der Waals surface area contributed by atoms with Gasteiger partial charge in [0.2, 0.25) is 5.88 Å². The predicted octanol–water partition coefficient (Wildman–Crippen LogP) is 16.0. The third-order valence-corrected chi connectivity index (χ3v) is 13.5. The highest BCUT2D eigenvalue weighted by Gasteiger charge is 2.32. The van der Waals surface area contributed by atoms with Crippen molar-refractivity contribution in [1.29, 1.82) is 10.5 Å². The van der Waals surface area contributed by atoms with E-state index in [1.54, 1.807) is 60.8 Å². The Balaban J connectivity index is 1.28. The van der Waals surface area contributed by atoms with Crippen molar-refractivity contribution in [3.8, 4) is 69.0 Å². The molecule has 0 fully saturated rings. The Kier molecular flexibility index (Phi) is 14.1. The Labute approximate surface area is 416 Å². The van der Waals surface area contributed by atoms with E-state index < -0.39 is 5.41 Å². The van der Waals surface area contributed by atoms with Gasteiger partial charge in [0, 0.05) is 51.2 Å². The number of benzene rings is 7. The third-order valence-electron chi connectivity index (χ3n) is 13.5. The Morgan fingerprint density at radius 1 is 0.521 bits per heavy atom. The summed E-state index contributed by atoms with van der Waals surface area (Å²) in [4.78, 5) is 33.5. The quantitative estimate of drug-likeness (QED) is 0.0878. The van der Waals surface area contributed by atoms with E-state index in [0.29, 0.717) is 84.7 Å². The van der Waals surface area contributed by atoms with Crippen LogP contribution in [0, 0.1) is 36.5 Å². The molecule has 0 radical (unpaired) electrons. The molecule has 352 valence electrons. The Hall–Kier alpha value is -8.59. The summed E-state index contributed by atoms with van der Waals surface area (Å²) in [6, 6.07) is 52.5. The monoisotopic (exact) mass is 933 g/mol. The number of nitriles is 2. The fourth-order valence-corrected chi connectivity index (χ4v) is 8.56. The Morgan fingerprint density at radius 3 is 1.68 bits per heavy atom. The zero-order valence-electron chi connectivity index (χ0n) is 41.4. The molecule has 0 saturated heterocycles. The van der Waals surface area contributed by atoms with Crippen molar-refractivity contribution in [1.82, 2.24) is 4.98 Å². The van der Waals surface area contributed by atoms with E-state index in [9.17, 15) is 15.3 Å². The first-order chi connectivity index (χ1) is 34.2. The van der Waals surface area contributed by atoms with Crippen molar-refractivity contribution >= 4 is 11.6 Å². The highest BCUT2D eigenvalue weighted by molar-refractivity contribution is 6.15. The van der Waals surface area contributed by atoms with Gasteiger partial charge >= 0.3 is 0 Å². The first-order valence-corrected chi connectivity index (χ1v) is 23.8. The van der Waals surface area contributed by atoms with Gasteiger partial charge in [-0.15, -0.1) is 0 Å². The second-order valence-electron chi connectivity index (χ2n) is 19.0. The van der Waals surface area contributed by atoms with Crippen molar-refractivity contribution in [3.63, 3.8) is 0 Å². The van der Waals surface area contributed by atoms with Crippen LogP contribution in [0.5, 0.6) is 34.6 Å². The number of aryl methyl sites for hydroxylation is 2. The molecule has 0 aliphatic heterocycles. The predicted molar refractivity (Wildman–Crippen MR) is 280 cm³/mol. The lowest BCUT2D eigenvalue weighted by molar-refractivity contribution is 0.103. The summed E-state index contributed by atoms with van der Waals surface area (Å²) in [7, 11) is 0. The number of hydrogen-bond acceptors (Lipinski definition) is 8. The molecule has 0 atom stereocenters. The fourth-order valence-electron chi connectivity index (χ4n) is 8.56. The van der Waals surface area contributed by atoms with Crippen LogP contribution < -0.4 is 14.2 Å². The maximum Gasteiger partial charge on any atom is 0.219 e. The van der Waals surface area contributed by atoms with Gasteiger partial charge < -0.3 is 14.2 Å². The van der Waals surface area contributed by atoms with Crippen molar-refractivity contribution < 1.29 is 23.8 Å². The third kappa shape index (κ3) is 10.3. The first kappa shape index (κ1) is 48.9. The average molecular weight is 934 g/mol. The van der Waals surface area contributed by atoms with Crippen LogP contribution in [0.25, 0.3) is 22.3 Å². The lowest BCUT2D eigenvalue weighted by atomic mass is 9.77. The second kappa shape index (κ2) is 20.6. The molecule has 7 aromatic carbocycles. The van der Waals surface area contributed by atoms with Crippen LogP contribution >= 0.6 is 0 Å². The van der Waals surface area contributed by atoms with E-state index in [1.807, 2.05) is 117 Å². The normalized spacial score (nSPS) is 11.3. The van der Waals surface area contributed by atoms with Gasteiger partial charge in [0.05, 0.1) is 5.56 Å². The highest BCUT2D eigenvalue weighted by Crippen LogP contribution is 2.47. The minimum absolute atomic E-state index is 0.140. The zero-order chi connectivity index (χ0) is 50.5. The maximum absolute atomic E-state index is 15.1. The number of hydrogen-bond donors (Lipinski definition) is 0. The molecule has 0 N–H and O–H groups in total. The van der Waals surface area contributed by atoms with Crippen LogP contribution in [0.3, 0.4) is 0 Å². The Bertz CT molecular complexity index is 3380. The van der Waals surface area contributed by atoms with Crippen LogP contribution in [0.15, 0.2) is 164 Å². The fraction of sp³-hybridized carbons (Fsp3) is 0.190. The summed E-state index contributed by atoms with van der Waals surface area (Å²) >= 11 is 0.